The van der Waals surface area contributed by atoms with E-state index in [0.29, 0.717) is 11.6 Å². The molecule has 2 heterocycles. The minimum atomic E-state index is -0.659. The number of hydrogen-bond acceptors (Lipinski definition) is 5. The van der Waals surface area contributed by atoms with E-state index in [1.807, 2.05) is 6.07 Å². The fraction of sp³-hybridized carbons (Fsp3) is 0.250. The minimum Gasteiger partial charge on any atom is -0.321 e. The number of rotatable bonds is 3. The molecule has 8 heteroatoms. The summed E-state index contributed by atoms with van der Waals surface area (Å²) in [4.78, 5) is 17.4. The van der Waals surface area contributed by atoms with Crippen LogP contribution in [0.1, 0.15) is 30.3 Å². The van der Waals surface area contributed by atoms with E-state index in [1.165, 1.54) is 10.8 Å². The fourth-order valence-corrected chi connectivity index (χ4v) is 2.85. The molecule has 4 rings (SSSR count). The van der Waals surface area contributed by atoms with Crippen molar-refractivity contribution in [2.24, 2.45) is 11.7 Å². The van der Waals surface area contributed by atoms with Crippen LogP contribution in [0.25, 0.3) is 16.7 Å². The number of H-pyrrole nitrogens is 1. The van der Waals surface area contributed by atoms with Crippen molar-refractivity contribution in [1.29, 1.82) is 5.26 Å². The van der Waals surface area contributed by atoms with Gasteiger partial charge in [0.1, 0.15) is 23.5 Å². The van der Waals surface area contributed by atoms with Crippen LogP contribution in [0.2, 0.25) is 0 Å². The molecule has 0 bridgehead atoms. The number of nitrogens with zero attached hydrogens (tertiary/aromatic N) is 4. The lowest BCUT2D eigenvalue weighted by Crippen LogP contribution is -2.30. The van der Waals surface area contributed by atoms with E-state index in [0.717, 1.165) is 25.0 Å². The van der Waals surface area contributed by atoms with Crippen molar-refractivity contribution in [2.45, 2.75) is 18.9 Å². The Bertz CT molecular complexity index is 1030. The van der Waals surface area contributed by atoms with Crippen LogP contribution in [0.15, 0.2) is 29.2 Å². The maximum Gasteiger partial charge on any atom is 0.267 e. The van der Waals surface area contributed by atoms with Gasteiger partial charge in [-0.1, -0.05) is 0 Å². The van der Waals surface area contributed by atoms with Crippen molar-refractivity contribution < 1.29 is 4.39 Å². The van der Waals surface area contributed by atoms with Gasteiger partial charge in [0.2, 0.25) is 0 Å². The predicted molar refractivity (Wildman–Crippen MR) is 83.8 cm³/mol. The maximum absolute atomic E-state index is 13.8. The Kier molecular flexibility index (Phi) is 3.18. The van der Waals surface area contributed by atoms with E-state index in [4.69, 9.17) is 5.73 Å². The van der Waals surface area contributed by atoms with Gasteiger partial charge in [0.25, 0.3) is 5.56 Å². The van der Waals surface area contributed by atoms with Gasteiger partial charge in [-0.2, -0.15) is 10.4 Å². The van der Waals surface area contributed by atoms with Crippen LogP contribution in [0.4, 0.5) is 4.39 Å². The summed E-state index contributed by atoms with van der Waals surface area (Å²) in [6.45, 7) is 0. The van der Waals surface area contributed by atoms with Gasteiger partial charge in [0, 0.05) is 6.07 Å². The van der Waals surface area contributed by atoms with Crippen LogP contribution in [0.3, 0.4) is 0 Å². The highest BCUT2D eigenvalue weighted by Crippen LogP contribution is 2.39. The number of fused-ring (bicyclic) bond motifs is 1. The first-order valence-electron chi connectivity index (χ1n) is 7.52. The summed E-state index contributed by atoms with van der Waals surface area (Å²) in [5.74, 6) is 0.341. The van der Waals surface area contributed by atoms with Crippen LogP contribution >= 0.6 is 0 Å². The molecular formula is C16H13FN6O. The Morgan fingerprint density at radius 2 is 2.25 bits per heavy atom. The van der Waals surface area contributed by atoms with Crippen LogP contribution in [-0.2, 0) is 0 Å². The monoisotopic (exact) mass is 324 g/mol. The highest BCUT2D eigenvalue weighted by molar-refractivity contribution is 5.83. The van der Waals surface area contributed by atoms with Crippen molar-refractivity contribution in [2.75, 3.05) is 0 Å². The van der Waals surface area contributed by atoms with Gasteiger partial charge in [0.05, 0.1) is 28.7 Å². The average Bonchev–Trinajstić information content (AvgIpc) is 3.29. The summed E-state index contributed by atoms with van der Waals surface area (Å²) in [5, 5.41) is 15.8. The Morgan fingerprint density at radius 1 is 1.46 bits per heavy atom. The molecule has 2 aromatic heterocycles. The van der Waals surface area contributed by atoms with E-state index in [9.17, 15) is 14.4 Å². The van der Waals surface area contributed by atoms with Crippen molar-refractivity contribution in [3.8, 4) is 11.9 Å². The Labute approximate surface area is 135 Å². The van der Waals surface area contributed by atoms with E-state index in [1.54, 1.807) is 6.07 Å². The molecular weight excluding hydrogens is 311 g/mol. The highest BCUT2D eigenvalue weighted by atomic mass is 19.1. The zero-order valence-corrected chi connectivity index (χ0v) is 12.5. The summed E-state index contributed by atoms with van der Waals surface area (Å²) in [5.41, 5.74) is 5.98. The van der Waals surface area contributed by atoms with Crippen LogP contribution < -0.4 is 11.3 Å². The molecule has 1 atom stereocenters. The van der Waals surface area contributed by atoms with Crippen molar-refractivity contribution >= 4 is 10.9 Å². The van der Waals surface area contributed by atoms with Crippen molar-refractivity contribution in [3.05, 3.63) is 52.0 Å². The second-order valence-corrected chi connectivity index (χ2v) is 5.88. The molecule has 120 valence electrons. The molecule has 1 aliphatic rings. The largest absolute Gasteiger partial charge is 0.321 e. The van der Waals surface area contributed by atoms with Gasteiger partial charge in [-0.3, -0.25) is 9.89 Å². The Hall–Kier alpha value is -3.05. The molecule has 1 aliphatic carbocycles. The van der Waals surface area contributed by atoms with Gasteiger partial charge in [-0.05, 0) is 30.9 Å². The molecule has 24 heavy (non-hydrogen) atoms. The van der Waals surface area contributed by atoms with E-state index in [2.05, 4.69) is 15.2 Å². The third-order valence-corrected chi connectivity index (χ3v) is 4.24. The molecule has 3 N–H and O–H groups in total. The Balaban J connectivity index is 2.11. The first-order chi connectivity index (χ1) is 11.6. The molecule has 0 aliphatic heterocycles. The maximum atomic E-state index is 13.8. The minimum absolute atomic E-state index is 0.0168. The van der Waals surface area contributed by atoms with Gasteiger partial charge in [-0.15, -0.1) is 0 Å². The third kappa shape index (κ3) is 2.18. The topological polar surface area (TPSA) is 113 Å². The summed E-state index contributed by atoms with van der Waals surface area (Å²) >= 11 is 0. The summed E-state index contributed by atoms with van der Waals surface area (Å²) < 4.78 is 15.1. The second kappa shape index (κ2) is 5.25. The summed E-state index contributed by atoms with van der Waals surface area (Å²) in [7, 11) is 0. The van der Waals surface area contributed by atoms with Gasteiger partial charge in [-0.25, -0.2) is 13.9 Å². The molecule has 0 saturated heterocycles. The number of aromatic amines is 1. The zero-order valence-electron chi connectivity index (χ0n) is 12.5. The predicted octanol–water partition coefficient (Wildman–Crippen LogP) is 1.53. The van der Waals surface area contributed by atoms with Crippen LogP contribution in [0.5, 0.6) is 0 Å². The fourth-order valence-electron chi connectivity index (χ4n) is 2.85. The average molecular weight is 324 g/mol. The highest BCUT2D eigenvalue weighted by Gasteiger charge is 2.33. The molecule has 1 fully saturated rings. The lowest BCUT2D eigenvalue weighted by atomic mass is 10.1. The normalized spacial score (nSPS) is 15.4. The molecule has 3 aromatic rings. The number of hydrogen-bond donors (Lipinski definition) is 2. The molecule has 7 nitrogen and oxygen atoms in total. The quantitative estimate of drug-likeness (QED) is 0.758. The van der Waals surface area contributed by atoms with Crippen molar-refractivity contribution in [3.63, 3.8) is 0 Å². The van der Waals surface area contributed by atoms with Gasteiger partial charge >= 0.3 is 0 Å². The van der Waals surface area contributed by atoms with Crippen molar-refractivity contribution in [1.82, 2.24) is 19.7 Å². The number of benzene rings is 1. The van der Waals surface area contributed by atoms with E-state index in [-0.39, 0.29) is 22.4 Å². The molecule has 0 amide bonds. The lowest BCUT2D eigenvalue weighted by Gasteiger charge is -2.17. The number of nitriles is 1. The van der Waals surface area contributed by atoms with E-state index < -0.39 is 17.4 Å². The molecule has 1 unspecified atom stereocenters. The van der Waals surface area contributed by atoms with Gasteiger partial charge in [0.15, 0.2) is 0 Å². The number of aromatic nitrogens is 4. The van der Waals surface area contributed by atoms with Crippen LogP contribution in [-0.4, -0.2) is 19.7 Å². The third-order valence-electron chi connectivity index (χ3n) is 4.24. The molecule has 1 aromatic carbocycles. The Morgan fingerprint density at radius 3 is 2.88 bits per heavy atom. The summed E-state index contributed by atoms with van der Waals surface area (Å²) in [6, 6.07) is 5.22. The number of nitrogens with one attached hydrogen (secondary N) is 1. The van der Waals surface area contributed by atoms with E-state index >= 15 is 0 Å². The molecule has 0 radical (unpaired) electrons. The first-order valence-corrected chi connectivity index (χ1v) is 7.52. The SMILES string of the molecule is N#Cc1cc(F)cc2c(=O)n(-c3ccn[nH]3)c(C(N)C3CC3)nc12. The molecule has 0 spiro atoms. The van der Waals surface area contributed by atoms with Crippen LogP contribution in [0, 0.1) is 23.1 Å². The summed E-state index contributed by atoms with van der Waals surface area (Å²) in [6.07, 6.45) is 3.43. The molecule has 1 saturated carbocycles. The lowest BCUT2D eigenvalue weighted by molar-refractivity contribution is 0.570. The standard InChI is InChI=1S/C16H13FN6O/c17-10-5-9(7-18)14-11(6-10)16(24)23(12-3-4-20-22-12)15(21-14)13(19)8-1-2-8/h3-6,8,13H,1-2,19H2,(H,20,22). The number of nitrogens with two attached hydrogens (primary N) is 1. The first kappa shape index (κ1) is 14.5. The zero-order chi connectivity index (χ0) is 16.8. The smallest absolute Gasteiger partial charge is 0.267 e. The second-order valence-electron chi connectivity index (χ2n) is 5.88. The van der Waals surface area contributed by atoms with Gasteiger partial charge < -0.3 is 5.73 Å². The number of halogens is 1.